The molecule has 1 aromatic heterocycles. The summed E-state index contributed by atoms with van der Waals surface area (Å²) in [7, 11) is 0. The van der Waals surface area contributed by atoms with E-state index < -0.39 is 6.09 Å². The van der Waals surface area contributed by atoms with Crippen molar-refractivity contribution in [1.29, 1.82) is 5.26 Å². The van der Waals surface area contributed by atoms with Gasteiger partial charge in [-0.25, -0.2) is 9.48 Å². The van der Waals surface area contributed by atoms with Gasteiger partial charge in [0.25, 0.3) is 0 Å². The number of carbonyl (C=O) groups is 2. The van der Waals surface area contributed by atoms with Gasteiger partial charge in [-0.2, -0.15) is 10.4 Å². The van der Waals surface area contributed by atoms with E-state index in [2.05, 4.69) is 11.2 Å². The van der Waals surface area contributed by atoms with Crippen LogP contribution in [0.1, 0.15) is 40.4 Å². The summed E-state index contributed by atoms with van der Waals surface area (Å²) in [6.45, 7) is 0.748. The molecule has 1 saturated heterocycles. The van der Waals surface area contributed by atoms with Gasteiger partial charge in [0.2, 0.25) is 0 Å². The van der Waals surface area contributed by atoms with Gasteiger partial charge in [0.1, 0.15) is 23.1 Å². The van der Waals surface area contributed by atoms with Crippen molar-refractivity contribution in [2.75, 3.05) is 18.8 Å². The molecule has 156 valence electrons. The first kappa shape index (κ1) is 20.2. The Labute approximate surface area is 179 Å². The van der Waals surface area contributed by atoms with E-state index in [0.29, 0.717) is 35.3 Å². The molecule has 0 radical (unpaired) electrons. The Balaban J connectivity index is 1.64. The molecule has 1 aliphatic rings. The number of nitrogen functional groups attached to an aromatic ring is 1. The number of rotatable bonds is 4. The Morgan fingerprint density at radius 2 is 1.77 bits per heavy atom. The van der Waals surface area contributed by atoms with Crippen LogP contribution in [0.5, 0.6) is 0 Å². The molecule has 1 unspecified atom stereocenters. The van der Waals surface area contributed by atoms with Crippen LogP contribution < -0.4 is 5.73 Å². The Morgan fingerprint density at radius 3 is 2.42 bits per heavy atom. The van der Waals surface area contributed by atoms with Crippen LogP contribution in [0.25, 0.3) is 11.3 Å². The number of carboxylic acid groups (broad SMARTS) is 1. The lowest BCUT2D eigenvalue weighted by Gasteiger charge is -2.31. The first-order valence-electron chi connectivity index (χ1n) is 9.95. The second-order valence-corrected chi connectivity index (χ2v) is 7.46. The highest BCUT2D eigenvalue weighted by molar-refractivity contribution is 6.09. The maximum atomic E-state index is 12.6. The summed E-state index contributed by atoms with van der Waals surface area (Å²) < 4.78 is 1.56. The van der Waals surface area contributed by atoms with Crippen LogP contribution in [0.4, 0.5) is 10.6 Å². The van der Waals surface area contributed by atoms with Crippen LogP contribution in [-0.4, -0.2) is 44.8 Å². The molecule has 0 bridgehead atoms. The molecule has 4 rings (SSSR count). The Bertz CT molecular complexity index is 1160. The minimum Gasteiger partial charge on any atom is -0.465 e. The molecular weight excluding hydrogens is 394 g/mol. The molecule has 3 aromatic rings. The molecule has 0 aliphatic carbocycles. The third-order valence-electron chi connectivity index (χ3n) is 5.53. The fourth-order valence-electron chi connectivity index (χ4n) is 3.90. The molecule has 2 aromatic carbocycles. The highest BCUT2D eigenvalue weighted by Crippen LogP contribution is 2.32. The van der Waals surface area contributed by atoms with E-state index in [-0.39, 0.29) is 29.8 Å². The molecule has 31 heavy (non-hydrogen) atoms. The van der Waals surface area contributed by atoms with Crippen LogP contribution in [0, 0.1) is 11.3 Å². The molecule has 1 aliphatic heterocycles. The van der Waals surface area contributed by atoms with Gasteiger partial charge in [0, 0.05) is 29.8 Å². The summed E-state index contributed by atoms with van der Waals surface area (Å²) >= 11 is 0. The molecule has 2 heterocycles. The predicted octanol–water partition coefficient (Wildman–Crippen LogP) is 3.55. The summed E-state index contributed by atoms with van der Waals surface area (Å²) in [5, 5.41) is 23.5. The van der Waals surface area contributed by atoms with Crippen molar-refractivity contribution in [3.8, 4) is 17.3 Å². The third-order valence-corrected chi connectivity index (χ3v) is 5.53. The highest BCUT2D eigenvalue weighted by atomic mass is 16.4. The second kappa shape index (κ2) is 8.32. The van der Waals surface area contributed by atoms with Gasteiger partial charge in [-0.05, 0) is 12.8 Å². The van der Waals surface area contributed by atoms with Gasteiger partial charge in [-0.1, -0.05) is 54.6 Å². The van der Waals surface area contributed by atoms with Crippen molar-refractivity contribution in [3.05, 3.63) is 71.3 Å². The number of nitrogens with zero attached hydrogens (tertiary/aromatic N) is 4. The lowest BCUT2D eigenvalue weighted by molar-refractivity contribution is 0.103. The smallest absolute Gasteiger partial charge is 0.407 e. The average Bonchev–Trinajstić information content (AvgIpc) is 3.15. The monoisotopic (exact) mass is 415 g/mol. The van der Waals surface area contributed by atoms with Crippen LogP contribution in [0.2, 0.25) is 0 Å². The van der Waals surface area contributed by atoms with E-state index >= 15 is 0 Å². The molecule has 1 fully saturated rings. The average molecular weight is 415 g/mol. The SMILES string of the molecule is N#Cc1c(-c2ccc(C(=O)c3ccccc3)cc2)nn(C2CCCN(C(=O)O)C2)c1N. The number of aromatic nitrogens is 2. The lowest BCUT2D eigenvalue weighted by Crippen LogP contribution is -2.40. The van der Waals surface area contributed by atoms with Crippen LogP contribution in [0.3, 0.4) is 0 Å². The van der Waals surface area contributed by atoms with E-state index in [9.17, 15) is 20.0 Å². The Morgan fingerprint density at radius 1 is 1.10 bits per heavy atom. The fraction of sp³-hybridized carbons (Fsp3) is 0.217. The number of ketones is 1. The Kier molecular flexibility index (Phi) is 5.41. The number of nitrogens with two attached hydrogens (primary N) is 1. The van der Waals surface area contributed by atoms with Gasteiger partial charge < -0.3 is 15.7 Å². The standard InChI is InChI=1S/C23H21N5O3/c24-13-19-20(26-28(22(19)25)18-7-4-12-27(14-18)23(30)31)15-8-10-17(11-9-15)21(29)16-5-2-1-3-6-16/h1-3,5-6,8-11,18H,4,7,12,14,25H2,(H,30,31). The number of carbonyl (C=O) groups excluding carboxylic acids is 1. The van der Waals surface area contributed by atoms with Gasteiger partial charge in [0.05, 0.1) is 6.04 Å². The summed E-state index contributed by atoms with van der Waals surface area (Å²) in [6.07, 6.45) is 0.448. The van der Waals surface area contributed by atoms with E-state index in [1.54, 1.807) is 41.1 Å². The number of hydrogen-bond donors (Lipinski definition) is 2. The number of piperidine rings is 1. The number of benzene rings is 2. The van der Waals surface area contributed by atoms with Crippen molar-refractivity contribution >= 4 is 17.7 Å². The first-order chi connectivity index (χ1) is 15.0. The largest absolute Gasteiger partial charge is 0.465 e. The van der Waals surface area contributed by atoms with E-state index in [0.717, 1.165) is 6.42 Å². The summed E-state index contributed by atoms with van der Waals surface area (Å²) in [5.41, 5.74) is 8.68. The van der Waals surface area contributed by atoms with Crippen molar-refractivity contribution < 1.29 is 14.7 Å². The number of likely N-dealkylation sites (tertiary alicyclic amines) is 1. The van der Waals surface area contributed by atoms with E-state index in [1.807, 2.05) is 18.2 Å². The highest BCUT2D eigenvalue weighted by Gasteiger charge is 2.28. The van der Waals surface area contributed by atoms with Gasteiger partial charge in [-0.3, -0.25) is 4.79 Å². The zero-order valence-electron chi connectivity index (χ0n) is 16.7. The minimum atomic E-state index is -0.977. The number of nitriles is 1. The molecule has 0 spiro atoms. The quantitative estimate of drug-likeness (QED) is 0.628. The van der Waals surface area contributed by atoms with Crippen molar-refractivity contribution in [1.82, 2.24) is 14.7 Å². The van der Waals surface area contributed by atoms with Gasteiger partial charge in [-0.15, -0.1) is 0 Å². The number of anilines is 1. The molecule has 3 N–H and O–H groups in total. The molecule has 1 amide bonds. The minimum absolute atomic E-state index is 0.0892. The summed E-state index contributed by atoms with van der Waals surface area (Å²) in [4.78, 5) is 25.3. The van der Waals surface area contributed by atoms with E-state index in [4.69, 9.17) is 5.73 Å². The zero-order valence-corrected chi connectivity index (χ0v) is 16.7. The normalized spacial score (nSPS) is 16.0. The molecule has 8 heteroatoms. The third kappa shape index (κ3) is 3.85. The lowest BCUT2D eigenvalue weighted by atomic mass is 10.0. The second-order valence-electron chi connectivity index (χ2n) is 7.46. The maximum Gasteiger partial charge on any atom is 0.407 e. The Hall–Kier alpha value is -4.12. The maximum absolute atomic E-state index is 12.6. The van der Waals surface area contributed by atoms with Crippen LogP contribution >= 0.6 is 0 Å². The fourth-order valence-corrected chi connectivity index (χ4v) is 3.90. The zero-order chi connectivity index (χ0) is 22.0. The summed E-state index contributed by atoms with van der Waals surface area (Å²) in [6, 6.07) is 17.8. The molecule has 0 saturated carbocycles. The van der Waals surface area contributed by atoms with Gasteiger partial charge in [0.15, 0.2) is 5.78 Å². The number of amides is 1. The van der Waals surface area contributed by atoms with E-state index in [1.165, 1.54) is 4.90 Å². The van der Waals surface area contributed by atoms with Crippen molar-refractivity contribution in [3.63, 3.8) is 0 Å². The molecule has 1 atom stereocenters. The molecule has 8 nitrogen and oxygen atoms in total. The first-order valence-corrected chi connectivity index (χ1v) is 9.95. The molecular formula is C23H21N5O3. The van der Waals surface area contributed by atoms with Gasteiger partial charge >= 0.3 is 6.09 Å². The topological polar surface area (TPSA) is 125 Å². The van der Waals surface area contributed by atoms with Crippen LogP contribution in [-0.2, 0) is 0 Å². The summed E-state index contributed by atoms with van der Waals surface area (Å²) in [5.74, 6) is 0.132. The van der Waals surface area contributed by atoms with Crippen molar-refractivity contribution in [2.45, 2.75) is 18.9 Å². The predicted molar refractivity (Wildman–Crippen MR) is 115 cm³/mol. The number of hydrogen-bond acceptors (Lipinski definition) is 5. The van der Waals surface area contributed by atoms with Crippen molar-refractivity contribution in [2.24, 2.45) is 0 Å². The van der Waals surface area contributed by atoms with Crippen LogP contribution in [0.15, 0.2) is 54.6 Å².